The summed E-state index contributed by atoms with van der Waals surface area (Å²) >= 11 is 0. The van der Waals surface area contributed by atoms with Gasteiger partial charge in [-0.25, -0.2) is 14.9 Å². The number of hydroxylamine groups is 1. The van der Waals surface area contributed by atoms with Crippen molar-refractivity contribution in [3.63, 3.8) is 0 Å². The van der Waals surface area contributed by atoms with E-state index in [0.29, 0.717) is 30.0 Å². The number of aromatic nitrogens is 1. The van der Waals surface area contributed by atoms with Crippen LogP contribution in [-0.2, 0) is 9.59 Å². The summed E-state index contributed by atoms with van der Waals surface area (Å²) in [5.74, 6) is -1.04. The number of pyridine rings is 1. The minimum Gasteiger partial charge on any atom is -0.339 e. The minimum atomic E-state index is -0.655. The first-order valence-corrected chi connectivity index (χ1v) is 9.37. The van der Waals surface area contributed by atoms with E-state index in [-0.39, 0.29) is 17.6 Å². The van der Waals surface area contributed by atoms with E-state index in [1.54, 1.807) is 41.3 Å². The Kier molecular flexibility index (Phi) is 6.86. The third-order valence-corrected chi connectivity index (χ3v) is 4.78. The van der Waals surface area contributed by atoms with Crippen LogP contribution in [-0.4, -0.2) is 40.0 Å². The van der Waals surface area contributed by atoms with E-state index in [9.17, 15) is 14.0 Å². The van der Waals surface area contributed by atoms with E-state index in [1.165, 1.54) is 23.7 Å². The van der Waals surface area contributed by atoms with Gasteiger partial charge < -0.3 is 4.90 Å². The number of rotatable bonds is 5. The number of carbonyl (C=O) groups is 2. The first-order valence-electron chi connectivity index (χ1n) is 9.37. The Balaban J connectivity index is 1.65. The summed E-state index contributed by atoms with van der Waals surface area (Å²) in [6.45, 7) is 1.12. The summed E-state index contributed by atoms with van der Waals surface area (Å²) in [5.41, 5.74) is 3.24. The smallest absolute Gasteiger partial charge is 0.267 e. The van der Waals surface area contributed by atoms with Crippen molar-refractivity contribution in [1.29, 1.82) is 0 Å². The second-order valence-corrected chi connectivity index (χ2v) is 6.77. The van der Waals surface area contributed by atoms with Gasteiger partial charge in [0.1, 0.15) is 5.82 Å². The van der Waals surface area contributed by atoms with Crippen molar-refractivity contribution < 1.29 is 19.2 Å². The first kappa shape index (κ1) is 20.4. The van der Waals surface area contributed by atoms with Crippen LogP contribution in [0.3, 0.4) is 0 Å². The van der Waals surface area contributed by atoms with Gasteiger partial charge in [-0.1, -0.05) is 24.3 Å². The monoisotopic (exact) mass is 395 g/mol. The predicted octanol–water partition coefficient (Wildman–Crippen LogP) is 3.16. The zero-order valence-electron chi connectivity index (χ0n) is 15.8. The minimum absolute atomic E-state index is 0.00781. The molecule has 2 heterocycles. The molecule has 7 heteroatoms. The molecule has 1 aromatic heterocycles. The van der Waals surface area contributed by atoms with Crippen LogP contribution in [0.5, 0.6) is 0 Å². The SMILES string of the molecule is O=C(C=Cc1cccc(C=CC(=O)N2CCCC(c3ccccc3F)C2)n1)NO. The lowest BCUT2D eigenvalue weighted by Crippen LogP contribution is -2.38. The molecule has 1 atom stereocenters. The van der Waals surface area contributed by atoms with Crippen molar-refractivity contribution in [3.8, 4) is 0 Å². The molecule has 1 saturated heterocycles. The normalized spacial score (nSPS) is 17.0. The van der Waals surface area contributed by atoms with Gasteiger partial charge in [0.25, 0.3) is 5.91 Å². The third-order valence-electron chi connectivity index (χ3n) is 4.78. The van der Waals surface area contributed by atoms with Crippen LogP contribution in [0.1, 0.15) is 35.7 Å². The number of likely N-dealkylation sites (tertiary alicyclic amines) is 1. The topological polar surface area (TPSA) is 82.5 Å². The van der Waals surface area contributed by atoms with Gasteiger partial charge in [-0.15, -0.1) is 0 Å². The van der Waals surface area contributed by atoms with E-state index < -0.39 is 5.91 Å². The Bertz CT molecular complexity index is 942. The largest absolute Gasteiger partial charge is 0.339 e. The molecule has 29 heavy (non-hydrogen) atoms. The van der Waals surface area contributed by atoms with Crippen molar-refractivity contribution in [2.75, 3.05) is 13.1 Å². The van der Waals surface area contributed by atoms with Crippen molar-refractivity contribution >= 4 is 24.0 Å². The zero-order valence-corrected chi connectivity index (χ0v) is 15.8. The maximum Gasteiger partial charge on any atom is 0.267 e. The summed E-state index contributed by atoms with van der Waals surface area (Å²) in [7, 11) is 0. The van der Waals surface area contributed by atoms with Crippen molar-refractivity contribution in [2.24, 2.45) is 0 Å². The lowest BCUT2D eigenvalue weighted by Gasteiger charge is -2.32. The van der Waals surface area contributed by atoms with Gasteiger partial charge in [0.15, 0.2) is 0 Å². The number of amides is 2. The summed E-state index contributed by atoms with van der Waals surface area (Å²) < 4.78 is 14.1. The van der Waals surface area contributed by atoms with E-state index in [4.69, 9.17) is 5.21 Å². The van der Waals surface area contributed by atoms with Crippen molar-refractivity contribution in [1.82, 2.24) is 15.4 Å². The van der Waals surface area contributed by atoms with Gasteiger partial charge in [-0.05, 0) is 48.8 Å². The highest BCUT2D eigenvalue weighted by Crippen LogP contribution is 2.28. The van der Waals surface area contributed by atoms with Crippen LogP contribution < -0.4 is 5.48 Å². The van der Waals surface area contributed by atoms with E-state index in [2.05, 4.69) is 4.98 Å². The summed E-state index contributed by atoms with van der Waals surface area (Å²) in [6.07, 6.45) is 7.35. The fraction of sp³-hybridized carbons (Fsp3) is 0.227. The van der Waals surface area contributed by atoms with Gasteiger partial charge >= 0.3 is 0 Å². The fourth-order valence-electron chi connectivity index (χ4n) is 3.35. The summed E-state index contributed by atoms with van der Waals surface area (Å²) in [5, 5.41) is 8.50. The molecule has 6 nitrogen and oxygen atoms in total. The first-order chi connectivity index (χ1) is 14.1. The number of nitrogens with zero attached hydrogens (tertiary/aromatic N) is 2. The predicted molar refractivity (Wildman–Crippen MR) is 107 cm³/mol. The average Bonchev–Trinajstić information content (AvgIpc) is 2.76. The molecule has 0 bridgehead atoms. The molecule has 1 aliphatic heterocycles. The van der Waals surface area contributed by atoms with Crippen LogP contribution in [0, 0.1) is 5.82 Å². The van der Waals surface area contributed by atoms with Crippen LogP contribution in [0.15, 0.2) is 54.6 Å². The highest BCUT2D eigenvalue weighted by molar-refractivity contribution is 5.92. The molecule has 2 aromatic rings. The second-order valence-electron chi connectivity index (χ2n) is 6.77. The number of hydrogen-bond acceptors (Lipinski definition) is 4. The molecule has 0 spiro atoms. The molecule has 150 valence electrons. The number of carbonyl (C=O) groups excluding carboxylic acids is 2. The molecule has 0 aliphatic carbocycles. The Labute approximate surface area is 168 Å². The standard InChI is InChI=1S/C22H22FN3O3/c23-20-9-2-1-8-19(20)16-5-4-14-26(15-16)22(28)13-11-18-7-3-6-17(24-18)10-12-21(27)25-29/h1-3,6-13,16,29H,4-5,14-15H2,(H,25,27). The Morgan fingerprint density at radius 1 is 1.10 bits per heavy atom. The molecule has 0 radical (unpaired) electrons. The maximum atomic E-state index is 14.1. The quantitative estimate of drug-likeness (QED) is 0.463. The summed E-state index contributed by atoms with van der Waals surface area (Å²) in [6, 6.07) is 11.9. The van der Waals surface area contributed by atoms with Gasteiger partial charge in [0.05, 0.1) is 11.4 Å². The zero-order chi connectivity index (χ0) is 20.6. The second kappa shape index (κ2) is 9.75. The van der Waals surface area contributed by atoms with E-state index in [0.717, 1.165) is 18.9 Å². The van der Waals surface area contributed by atoms with E-state index in [1.807, 2.05) is 6.07 Å². The third kappa shape index (κ3) is 5.58. The molecule has 0 saturated carbocycles. The van der Waals surface area contributed by atoms with Gasteiger partial charge in [0, 0.05) is 31.2 Å². The fourth-order valence-corrected chi connectivity index (χ4v) is 3.35. The molecule has 2 amide bonds. The molecular formula is C22H22FN3O3. The highest BCUT2D eigenvalue weighted by atomic mass is 19.1. The number of halogens is 1. The number of nitrogens with one attached hydrogen (secondary N) is 1. The van der Waals surface area contributed by atoms with Crippen LogP contribution in [0.4, 0.5) is 4.39 Å². The Hall–Kier alpha value is -3.32. The molecular weight excluding hydrogens is 373 g/mol. The molecule has 1 aromatic carbocycles. The molecule has 1 fully saturated rings. The van der Waals surface area contributed by atoms with Crippen LogP contribution in [0.2, 0.25) is 0 Å². The van der Waals surface area contributed by atoms with Gasteiger partial charge in [-0.3, -0.25) is 14.8 Å². The van der Waals surface area contributed by atoms with Crippen molar-refractivity contribution in [3.05, 3.63) is 77.4 Å². The maximum absolute atomic E-state index is 14.1. The van der Waals surface area contributed by atoms with Crippen molar-refractivity contribution in [2.45, 2.75) is 18.8 Å². The average molecular weight is 395 g/mol. The van der Waals surface area contributed by atoms with Crippen LogP contribution in [0.25, 0.3) is 12.2 Å². The molecule has 2 N–H and O–H groups in total. The number of hydrogen-bond donors (Lipinski definition) is 2. The Morgan fingerprint density at radius 2 is 1.83 bits per heavy atom. The molecule has 3 rings (SSSR count). The number of benzene rings is 1. The van der Waals surface area contributed by atoms with Crippen LogP contribution >= 0.6 is 0 Å². The lowest BCUT2D eigenvalue weighted by atomic mass is 9.90. The van der Waals surface area contributed by atoms with Gasteiger partial charge in [0.2, 0.25) is 5.91 Å². The number of piperidine rings is 1. The molecule has 1 unspecified atom stereocenters. The van der Waals surface area contributed by atoms with Gasteiger partial charge in [-0.2, -0.15) is 0 Å². The highest BCUT2D eigenvalue weighted by Gasteiger charge is 2.25. The molecule has 1 aliphatic rings. The summed E-state index contributed by atoms with van der Waals surface area (Å²) in [4.78, 5) is 29.7. The van der Waals surface area contributed by atoms with E-state index >= 15 is 0 Å². The Morgan fingerprint density at radius 3 is 2.55 bits per heavy atom. The lowest BCUT2D eigenvalue weighted by molar-refractivity contribution is -0.127.